The number of sulfone groups is 1. The molecule has 0 bridgehead atoms. The maximum atomic E-state index is 12.4. The van der Waals surface area contributed by atoms with E-state index < -0.39 is 9.84 Å². The summed E-state index contributed by atoms with van der Waals surface area (Å²) in [5.74, 6) is 0.843. The third-order valence-corrected chi connectivity index (χ3v) is 11.2. The van der Waals surface area contributed by atoms with E-state index in [1.807, 2.05) is 13.8 Å². The quantitative estimate of drug-likeness (QED) is 0.115. The van der Waals surface area contributed by atoms with Crippen LogP contribution in [0.2, 0.25) is 0 Å². The molecule has 1 aromatic carbocycles. The minimum Gasteiger partial charge on any atom is -0.758 e. The van der Waals surface area contributed by atoms with Crippen LogP contribution in [0.5, 0.6) is 0 Å². The van der Waals surface area contributed by atoms with Crippen LogP contribution in [0.25, 0.3) is 0 Å². The summed E-state index contributed by atoms with van der Waals surface area (Å²) in [5, 5.41) is 0.377. The lowest BCUT2D eigenvalue weighted by Gasteiger charge is -2.39. The van der Waals surface area contributed by atoms with Gasteiger partial charge in [0.05, 0.1) is 35.3 Å². The van der Waals surface area contributed by atoms with E-state index in [1.54, 1.807) is 24.3 Å². The lowest BCUT2D eigenvalue weighted by Crippen LogP contribution is -2.50. The number of thioether (sulfide) groups is 1. The third kappa shape index (κ3) is 11.0. The van der Waals surface area contributed by atoms with Gasteiger partial charge in [0.2, 0.25) is 14.2 Å². The minimum atomic E-state index is -3.55. The summed E-state index contributed by atoms with van der Waals surface area (Å²) in [6.45, 7) is 18.9. The van der Waals surface area contributed by atoms with Crippen molar-refractivity contribution in [2.75, 3.05) is 31.9 Å². The number of hydrogen-bond acceptors (Lipinski definition) is 6. The van der Waals surface area contributed by atoms with Crippen molar-refractivity contribution in [3.8, 4) is 0 Å². The van der Waals surface area contributed by atoms with E-state index in [-0.39, 0.29) is 9.24 Å². The molecular formula is C28H48N2O2S4. The van der Waals surface area contributed by atoms with Gasteiger partial charge in [0, 0.05) is 0 Å². The Bertz CT molecular complexity index is 919. The Morgan fingerprint density at radius 3 is 1.67 bits per heavy atom. The van der Waals surface area contributed by atoms with E-state index in [1.165, 1.54) is 93.8 Å². The zero-order valence-electron chi connectivity index (χ0n) is 23.3. The predicted octanol–water partition coefficient (Wildman–Crippen LogP) is 8.31. The number of rotatable bonds is 16. The highest BCUT2D eigenvalue weighted by molar-refractivity contribution is 8.01. The molecule has 2 rings (SSSR count). The molecule has 4 nitrogen and oxygen atoms in total. The maximum absolute atomic E-state index is 12.4. The zero-order valence-corrected chi connectivity index (χ0v) is 26.6. The summed E-state index contributed by atoms with van der Waals surface area (Å²) >= 11 is 7.77. The molecule has 0 N–H and O–H groups in total. The van der Waals surface area contributed by atoms with Gasteiger partial charge in [-0.05, 0) is 50.5 Å². The van der Waals surface area contributed by atoms with Crippen molar-refractivity contribution in [3.63, 3.8) is 0 Å². The monoisotopic (exact) mass is 572 g/mol. The number of thiazole rings is 1. The molecule has 0 aliphatic carbocycles. The van der Waals surface area contributed by atoms with Crippen molar-refractivity contribution in [3.05, 3.63) is 29.8 Å². The van der Waals surface area contributed by atoms with E-state index in [9.17, 15) is 8.42 Å². The van der Waals surface area contributed by atoms with E-state index in [0.717, 1.165) is 26.9 Å². The number of quaternary nitrogens is 1. The molecule has 0 amide bonds. The Balaban J connectivity index is 0.000000363. The van der Waals surface area contributed by atoms with E-state index in [4.69, 9.17) is 12.6 Å². The minimum absolute atomic E-state index is 0.0808. The van der Waals surface area contributed by atoms with Crippen molar-refractivity contribution in [2.45, 2.75) is 111 Å². The molecule has 0 atom stereocenters. The van der Waals surface area contributed by atoms with Crippen LogP contribution in [0.4, 0.5) is 0 Å². The fourth-order valence-electron chi connectivity index (χ4n) is 4.07. The Kier molecular flexibility index (Phi) is 16.5. The summed E-state index contributed by atoms with van der Waals surface area (Å²) in [7, 11) is -3.55. The lowest BCUT2D eigenvalue weighted by molar-refractivity contribution is -0.929. The SMILES string of the molecule is CCCC[N+](CCCC)(CCCC)CCCC.CCSc1sc(S(=O)(=O)c2ccc(C)cc2)nc1[S-]. The fourth-order valence-corrected chi connectivity index (χ4v) is 8.31. The van der Waals surface area contributed by atoms with Gasteiger partial charge in [-0.1, -0.05) is 94.4 Å². The molecule has 2 aromatic rings. The Labute approximate surface area is 235 Å². The van der Waals surface area contributed by atoms with Gasteiger partial charge in [-0.15, -0.1) is 11.8 Å². The van der Waals surface area contributed by atoms with Crippen LogP contribution in [-0.2, 0) is 22.5 Å². The van der Waals surface area contributed by atoms with Crippen LogP contribution in [0.15, 0.2) is 42.7 Å². The summed E-state index contributed by atoms with van der Waals surface area (Å²) in [6.07, 6.45) is 11.1. The molecule has 0 fully saturated rings. The second kappa shape index (κ2) is 17.8. The smallest absolute Gasteiger partial charge is 0.233 e. The molecular weight excluding hydrogens is 525 g/mol. The number of benzene rings is 1. The van der Waals surface area contributed by atoms with Gasteiger partial charge in [-0.3, -0.25) is 4.98 Å². The zero-order chi connectivity index (χ0) is 27.0. The van der Waals surface area contributed by atoms with E-state index in [0.29, 0.717) is 5.03 Å². The molecule has 0 spiro atoms. The van der Waals surface area contributed by atoms with Gasteiger partial charge >= 0.3 is 0 Å². The van der Waals surface area contributed by atoms with Gasteiger partial charge in [0.1, 0.15) is 0 Å². The number of aromatic nitrogens is 1. The molecule has 0 radical (unpaired) electrons. The third-order valence-electron chi connectivity index (χ3n) is 6.33. The van der Waals surface area contributed by atoms with Gasteiger partial charge in [-0.2, -0.15) is 0 Å². The predicted molar refractivity (Wildman–Crippen MR) is 160 cm³/mol. The molecule has 1 aromatic heterocycles. The largest absolute Gasteiger partial charge is 0.758 e. The van der Waals surface area contributed by atoms with E-state index >= 15 is 0 Å². The van der Waals surface area contributed by atoms with Crippen molar-refractivity contribution < 1.29 is 12.9 Å². The molecule has 0 aliphatic rings. The topological polar surface area (TPSA) is 47.0 Å². The van der Waals surface area contributed by atoms with Crippen LogP contribution < -0.4 is 0 Å². The molecule has 0 aliphatic heterocycles. The van der Waals surface area contributed by atoms with Crippen LogP contribution in [0.3, 0.4) is 0 Å². The van der Waals surface area contributed by atoms with Crippen LogP contribution in [0, 0.1) is 6.92 Å². The summed E-state index contributed by atoms with van der Waals surface area (Å²) in [5.41, 5.74) is 1.02. The Morgan fingerprint density at radius 1 is 0.833 bits per heavy atom. The highest BCUT2D eigenvalue weighted by Crippen LogP contribution is 2.34. The second-order valence-electron chi connectivity index (χ2n) is 9.47. The number of hydrogen-bond donors (Lipinski definition) is 0. The molecule has 36 heavy (non-hydrogen) atoms. The fraction of sp³-hybridized carbons (Fsp3) is 0.679. The Morgan fingerprint density at radius 2 is 1.28 bits per heavy atom. The van der Waals surface area contributed by atoms with Gasteiger partial charge in [0.15, 0.2) is 0 Å². The first-order valence-electron chi connectivity index (χ1n) is 13.7. The van der Waals surface area contributed by atoms with Crippen molar-refractivity contribution in [1.29, 1.82) is 0 Å². The standard InChI is InChI=1S/C16H36N.C12H13NO2S4/c1-5-9-13-17(14-10-6-2,15-11-7-3)16-12-8-4;1-3-17-11-10(16)13-12(18-11)19(14,15)9-6-4-8(2)5-7-9/h5-16H2,1-4H3;4-7,16H,3H2,1-2H3/q+1;/p-1. The van der Waals surface area contributed by atoms with Crippen molar-refractivity contribution in [2.24, 2.45) is 0 Å². The summed E-state index contributed by atoms with van der Waals surface area (Å²) in [4.78, 5) is 4.28. The van der Waals surface area contributed by atoms with Crippen LogP contribution in [-0.4, -0.2) is 49.8 Å². The average Bonchev–Trinajstić information content (AvgIpc) is 3.25. The molecule has 8 heteroatoms. The molecule has 0 unspecified atom stereocenters. The molecule has 1 heterocycles. The first-order valence-corrected chi connectivity index (χ1v) is 17.4. The van der Waals surface area contributed by atoms with Gasteiger partial charge in [-0.25, -0.2) is 8.42 Å². The molecule has 0 saturated heterocycles. The first kappa shape index (κ1) is 33.4. The molecule has 0 saturated carbocycles. The number of unbranched alkanes of at least 4 members (excludes halogenated alkanes) is 4. The Hall–Kier alpha value is -0.670. The summed E-state index contributed by atoms with van der Waals surface area (Å²) in [6, 6.07) is 6.75. The number of nitrogens with zero attached hydrogens (tertiary/aromatic N) is 2. The van der Waals surface area contributed by atoms with Crippen LogP contribution in [0.1, 0.15) is 91.5 Å². The normalized spacial score (nSPS) is 11.8. The first-order chi connectivity index (χ1) is 17.2. The highest BCUT2D eigenvalue weighted by atomic mass is 32.2. The van der Waals surface area contributed by atoms with Crippen LogP contribution >= 0.6 is 23.1 Å². The van der Waals surface area contributed by atoms with Crippen molar-refractivity contribution >= 4 is 45.6 Å². The highest BCUT2D eigenvalue weighted by Gasteiger charge is 2.25. The number of aryl methyl sites for hydroxylation is 1. The molecule has 206 valence electrons. The summed E-state index contributed by atoms with van der Waals surface area (Å²) < 4.78 is 27.1. The van der Waals surface area contributed by atoms with Gasteiger partial charge < -0.3 is 17.1 Å². The van der Waals surface area contributed by atoms with Gasteiger partial charge in [0.25, 0.3) is 0 Å². The average molecular weight is 573 g/mol. The maximum Gasteiger partial charge on any atom is 0.233 e. The lowest BCUT2D eigenvalue weighted by atomic mass is 10.1. The van der Waals surface area contributed by atoms with E-state index in [2.05, 4.69) is 32.7 Å². The van der Waals surface area contributed by atoms with Crippen molar-refractivity contribution in [1.82, 2.24) is 4.98 Å². The second-order valence-corrected chi connectivity index (χ2v) is 14.5.